The lowest BCUT2D eigenvalue weighted by Gasteiger charge is -2.12. The summed E-state index contributed by atoms with van der Waals surface area (Å²) in [5.41, 5.74) is 0.924. The van der Waals surface area contributed by atoms with Crippen LogP contribution in [-0.2, 0) is 9.47 Å². The minimum absolute atomic E-state index is 0.318. The number of benzene rings is 2. The summed E-state index contributed by atoms with van der Waals surface area (Å²) in [6, 6.07) is 12.6. The molecule has 0 radical (unpaired) electrons. The highest BCUT2D eigenvalue weighted by atomic mass is 35.5. The molecule has 0 saturated carbocycles. The van der Waals surface area contributed by atoms with Crippen LogP contribution in [0, 0.1) is 0 Å². The molecule has 2 aromatic rings. The average Bonchev–Trinajstić information content (AvgIpc) is 2.91. The Bertz CT molecular complexity index is 590. The van der Waals surface area contributed by atoms with Crippen LogP contribution in [0.4, 0.5) is 0 Å². The molecule has 3 rings (SSSR count). The number of hydrogen-bond acceptors (Lipinski definition) is 3. The molecule has 104 valence electrons. The normalized spacial score (nSPS) is 15.5. The van der Waals surface area contributed by atoms with E-state index in [4.69, 9.17) is 37.4 Å². The molecule has 0 aromatic heterocycles. The molecule has 3 nitrogen and oxygen atoms in total. The Kier molecular flexibility index (Phi) is 4.13. The van der Waals surface area contributed by atoms with Gasteiger partial charge in [-0.25, -0.2) is 0 Å². The topological polar surface area (TPSA) is 27.7 Å². The summed E-state index contributed by atoms with van der Waals surface area (Å²) in [6.45, 7) is 1.22. The molecule has 0 bridgehead atoms. The van der Waals surface area contributed by atoms with Crippen LogP contribution in [0.1, 0.15) is 11.9 Å². The third kappa shape index (κ3) is 3.25. The van der Waals surface area contributed by atoms with E-state index in [1.54, 1.807) is 18.2 Å². The molecule has 2 aromatic carbocycles. The van der Waals surface area contributed by atoms with Crippen molar-refractivity contribution < 1.29 is 14.2 Å². The van der Waals surface area contributed by atoms with Gasteiger partial charge in [0.1, 0.15) is 11.5 Å². The predicted molar refractivity (Wildman–Crippen MR) is 77.6 cm³/mol. The van der Waals surface area contributed by atoms with Gasteiger partial charge >= 0.3 is 0 Å². The Morgan fingerprint density at radius 1 is 0.900 bits per heavy atom. The maximum atomic E-state index is 5.95. The molecular formula is C15H12Cl2O3. The number of hydrogen-bond donors (Lipinski definition) is 0. The Labute approximate surface area is 127 Å². The molecule has 0 unspecified atom stereocenters. The van der Waals surface area contributed by atoms with Gasteiger partial charge < -0.3 is 14.2 Å². The van der Waals surface area contributed by atoms with Crippen molar-refractivity contribution in [3.05, 3.63) is 58.1 Å². The lowest BCUT2D eigenvalue weighted by atomic mass is 10.2. The SMILES string of the molecule is Clc1cc(Cl)cc(Oc2cccc(C3OCCO3)c2)c1. The van der Waals surface area contributed by atoms with E-state index in [1.165, 1.54) is 0 Å². The van der Waals surface area contributed by atoms with Crippen molar-refractivity contribution in [1.82, 2.24) is 0 Å². The van der Waals surface area contributed by atoms with Crippen LogP contribution in [0.25, 0.3) is 0 Å². The third-order valence-corrected chi connectivity index (χ3v) is 3.26. The van der Waals surface area contributed by atoms with Gasteiger partial charge in [0.15, 0.2) is 6.29 Å². The van der Waals surface area contributed by atoms with Crippen molar-refractivity contribution in [2.75, 3.05) is 13.2 Å². The second kappa shape index (κ2) is 6.02. The first-order valence-corrected chi connectivity index (χ1v) is 6.93. The molecule has 1 heterocycles. The first-order valence-electron chi connectivity index (χ1n) is 6.18. The van der Waals surface area contributed by atoms with E-state index in [2.05, 4.69) is 0 Å². The van der Waals surface area contributed by atoms with Crippen LogP contribution in [0.2, 0.25) is 10.0 Å². The van der Waals surface area contributed by atoms with Crippen molar-refractivity contribution in [1.29, 1.82) is 0 Å². The van der Waals surface area contributed by atoms with E-state index < -0.39 is 0 Å². The monoisotopic (exact) mass is 310 g/mol. The summed E-state index contributed by atoms with van der Waals surface area (Å²) in [6.07, 6.45) is -0.318. The molecule has 1 fully saturated rings. The summed E-state index contributed by atoms with van der Waals surface area (Å²) in [5.74, 6) is 1.27. The lowest BCUT2D eigenvalue weighted by Crippen LogP contribution is -1.98. The summed E-state index contributed by atoms with van der Waals surface area (Å²) in [4.78, 5) is 0. The Balaban J connectivity index is 1.81. The van der Waals surface area contributed by atoms with Crippen molar-refractivity contribution in [2.45, 2.75) is 6.29 Å². The van der Waals surface area contributed by atoms with Gasteiger partial charge in [-0.1, -0.05) is 35.3 Å². The van der Waals surface area contributed by atoms with Crippen LogP contribution >= 0.6 is 23.2 Å². The largest absolute Gasteiger partial charge is 0.457 e. The standard InChI is InChI=1S/C15H12Cl2O3/c16-11-7-12(17)9-14(8-11)20-13-3-1-2-10(6-13)15-18-4-5-19-15/h1-3,6-9,15H,4-5H2. The summed E-state index contributed by atoms with van der Waals surface area (Å²) in [5, 5.41) is 1.07. The van der Waals surface area contributed by atoms with Crippen LogP contribution in [0.3, 0.4) is 0 Å². The molecular weight excluding hydrogens is 299 g/mol. The first-order chi connectivity index (χ1) is 9.70. The van der Waals surface area contributed by atoms with Gasteiger partial charge in [0.05, 0.1) is 13.2 Å². The van der Waals surface area contributed by atoms with Crippen molar-refractivity contribution in [3.63, 3.8) is 0 Å². The Hall–Kier alpha value is -1.26. The van der Waals surface area contributed by atoms with E-state index in [-0.39, 0.29) is 6.29 Å². The van der Waals surface area contributed by atoms with Gasteiger partial charge in [0.25, 0.3) is 0 Å². The summed E-state index contributed by atoms with van der Waals surface area (Å²) < 4.78 is 16.7. The highest BCUT2D eigenvalue weighted by Crippen LogP contribution is 2.31. The zero-order chi connectivity index (χ0) is 13.9. The lowest BCUT2D eigenvalue weighted by molar-refractivity contribution is -0.0442. The van der Waals surface area contributed by atoms with Crippen molar-refractivity contribution in [3.8, 4) is 11.5 Å². The maximum Gasteiger partial charge on any atom is 0.184 e. The summed E-state index contributed by atoms with van der Waals surface area (Å²) >= 11 is 11.9. The molecule has 0 N–H and O–H groups in total. The number of rotatable bonds is 3. The van der Waals surface area contributed by atoms with Gasteiger partial charge in [-0.3, -0.25) is 0 Å². The average molecular weight is 311 g/mol. The molecule has 1 saturated heterocycles. The van der Waals surface area contributed by atoms with Crippen LogP contribution in [0.15, 0.2) is 42.5 Å². The van der Waals surface area contributed by atoms with Crippen molar-refractivity contribution >= 4 is 23.2 Å². The quantitative estimate of drug-likeness (QED) is 0.812. The van der Waals surface area contributed by atoms with E-state index in [9.17, 15) is 0 Å². The van der Waals surface area contributed by atoms with Gasteiger partial charge in [-0.15, -0.1) is 0 Å². The molecule has 0 amide bonds. The van der Waals surface area contributed by atoms with Gasteiger partial charge in [-0.2, -0.15) is 0 Å². The van der Waals surface area contributed by atoms with E-state index in [1.807, 2.05) is 24.3 Å². The molecule has 0 atom stereocenters. The Morgan fingerprint density at radius 3 is 2.30 bits per heavy atom. The first kappa shape index (κ1) is 13.7. The van der Waals surface area contributed by atoms with Crippen LogP contribution < -0.4 is 4.74 Å². The highest BCUT2D eigenvalue weighted by Gasteiger charge is 2.18. The minimum Gasteiger partial charge on any atom is -0.457 e. The van der Waals surface area contributed by atoms with E-state index in [0.717, 1.165) is 5.56 Å². The molecule has 20 heavy (non-hydrogen) atoms. The fourth-order valence-corrected chi connectivity index (χ4v) is 2.51. The van der Waals surface area contributed by atoms with Gasteiger partial charge in [0.2, 0.25) is 0 Å². The molecule has 0 aliphatic carbocycles. The highest BCUT2D eigenvalue weighted by molar-refractivity contribution is 6.34. The predicted octanol–water partition coefficient (Wildman–Crippen LogP) is 4.83. The number of ether oxygens (including phenoxy) is 3. The molecule has 0 spiro atoms. The summed E-state index contributed by atoms with van der Waals surface area (Å²) in [7, 11) is 0. The zero-order valence-corrected chi connectivity index (χ0v) is 12.0. The van der Waals surface area contributed by atoms with Crippen molar-refractivity contribution in [2.24, 2.45) is 0 Å². The molecule has 1 aliphatic rings. The van der Waals surface area contributed by atoms with Crippen LogP contribution in [-0.4, -0.2) is 13.2 Å². The van der Waals surface area contributed by atoms with E-state index in [0.29, 0.717) is 34.8 Å². The second-order valence-corrected chi connectivity index (χ2v) is 5.23. The number of halogens is 2. The molecule has 1 aliphatic heterocycles. The molecule has 5 heteroatoms. The third-order valence-electron chi connectivity index (χ3n) is 2.82. The fraction of sp³-hybridized carbons (Fsp3) is 0.200. The smallest absolute Gasteiger partial charge is 0.184 e. The fourth-order valence-electron chi connectivity index (χ4n) is 2.00. The second-order valence-electron chi connectivity index (χ2n) is 4.35. The van der Waals surface area contributed by atoms with Gasteiger partial charge in [-0.05, 0) is 30.3 Å². The van der Waals surface area contributed by atoms with Gasteiger partial charge in [0, 0.05) is 15.6 Å². The zero-order valence-electron chi connectivity index (χ0n) is 10.5. The van der Waals surface area contributed by atoms with Crippen LogP contribution in [0.5, 0.6) is 11.5 Å². The minimum atomic E-state index is -0.318. The van der Waals surface area contributed by atoms with E-state index >= 15 is 0 Å². The Morgan fingerprint density at radius 2 is 1.60 bits per heavy atom. The maximum absolute atomic E-state index is 5.95.